The van der Waals surface area contributed by atoms with Crippen LogP contribution in [0, 0.1) is 34.5 Å². The van der Waals surface area contributed by atoms with Gasteiger partial charge in [-0.05, 0) is 91.4 Å². The van der Waals surface area contributed by atoms with Crippen LogP contribution in [0.25, 0.3) is 0 Å². The summed E-state index contributed by atoms with van der Waals surface area (Å²) in [6, 6.07) is 0. The maximum absolute atomic E-state index is 14.0. The van der Waals surface area contributed by atoms with Crippen molar-refractivity contribution >= 4 is 11.8 Å². The maximum atomic E-state index is 14.0. The van der Waals surface area contributed by atoms with Crippen LogP contribution >= 0.6 is 0 Å². The molecule has 6 fully saturated rings. The monoisotopic (exact) mass is 558 g/mol. The third kappa shape index (κ3) is 3.10. The molecule has 0 aromatic rings. The first-order valence-corrected chi connectivity index (χ1v) is 15.7. The highest BCUT2D eigenvalue weighted by Gasteiger charge is 2.84. The second-order valence-electron chi connectivity index (χ2n) is 14.2. The Bertz CT molecular complexity index is 1150. The van der Waals surface area contributed by atoms with E-state index in [-0.39, 0.29) is 59.8 Å². The van der Waals surface area contributed by atoms with Crippen LogP contribution in [0.4, 0.5) is 0 Å². The average Bonchev–Trinajstić information content (AvgIpc) is 3.44. The van der Waals surface area contributed by atoms with Crippen LogP contribution in [0.2, 0.25) is 0 Å². The first kappa shape index (κ1) is 27.5. The Balaban J connectivity index is 1.24. The zero-order chi connectivity index (χ0) is 28.4. The fraction of sp³-hybridized carbons (Fsp3) is 0.875. The fourth-order valence-electron chi connectivity index (χ4n) is 11.1. The van der Waals surface area contributed by atoms with Crippen molar-refractivity contribution < 1.29 is 38.4 Å². The summed E-state index contributed by atoms with van der Waals surface area (Å²) in [5.41, 5.74) is -0.621. The number of ether oxygens (including phenoxy) is 5. The van der Waals surface area contributed by atoms with Gasteiger partial charge in [0.1, 0.15) is 29.2 Å². The van der Waals surface area contributed by atoms with Gasteiger partial charge in [-0.3, -0.25) is 4.79 Å². The standard InChI is InChI=1S/C32H46O8/c1-7-36-21-15-23(33)29(5)19-11-12-31-20(18(19)14-25-32(29,39-25)26(21)34)9-10-22(31)30(6,40-28(31)37-8-2)24-13-16(3)17(4)27(35)38-24/h18-22,24-26,28,34H,7-15H2,1-6H3/t18-,19+,20+,21+,22-,24-,25-,26+,28-,29+,30-,31-,32+/m1/s1. The van der Waals surface area contributed by atoms with Crippen LogP contribution in [0.5, 0.6) is 0 Å². The quantitative estimate of drug-likeness (QED) is 0.397. The van der Waals surface area contributed by atoms with Gasteiger partial charge in [-0.1, -0.05) is 5.57 Å². The molecule has 7 aliphatic rings. The van der Waals surface area contributed by atoms with Gasteiger partial charge in [-0.15, -0.1) is 0 Å². The molecule has 0 unspecified atom stereocenters. The molecule has 222 valence electrons. The number of fused-ring (bicyclic) bond motifs is 3. The van der Waals surface area contributed by atoms with Gasteiger partial charge >= 0.3 is 5.97 Å². The Morgan fingerprint density at radius 2 is 1.70 bits per heavy atom. The number of esters is 1. The number of carbonyl (C=O) groups excluding carboxylic acids is 2. The van der Waals surface area contributed by atoms with Gasteiger partial charge in [0.25, 0.3) is 0 Å². The number of hydrogen-bond acceptors (Lipinski definition) is 8. The zero-order valence-electron chi connectivity index (χ0n) is 24.9. The topological polar surface area (TPSA) is 104 Å². The van der Waals surface area contributed by atoms with E-state index >= 15 is 0 Å². The van der Waals surface area contributed by atoms with Crippen LogP contribution in [0.3, 0.4) is 0 Å². The van der Waals surface area contributed by atoms with Gasteiger partial charge in [0, 0.05) is 43.0 Å². The van der Waals surface area contributed by atoms with E-state index < -0.39 is 28.8 Å². The van der Waals surface area contributed by atoms with Crippen molar-refractivity contribution in [3.8, 4) is 0 Å². The molecule has 3 heterocycles. The smallest absolute Gasteiger partial charge is 0.334 e. The average molecular weight is 559 g/mol. The molecule has 13 atom stereocenters. The number of aliphatic hydroxyl groups is 1. The van der Waals surface area contributed by atoms with Crippen molar-refractivity contribution in [2.45, 2.75) is 128 Å². The summed E-state index contributed by atoms with van der Waals surface area (Å²) in [5, 5.41) is 11.5. The molecule has 0 aromatic heterocycles. The Labute approximate surface area is 237 Å². The molecule has 3 aliphatic heterocycles. The highest BCUT2D eigenvalue weighted by atomic mass is 16.7. The van der Waals surface area contributed by atoms with Crippen LogP contribution in [-0.2, 0) is 33.3 Å². The minimum Gasteiger partial charge on any atom is -0.456 e. The lowest BCUT2D eigenvalue weighted by molar-refractivity contribution is -0.238. The number of ketones is 1. The maximum Gasteiger partial charge on any atom is 0.334 e. The lowest BCUT2D eigenvalue weighted by Gasteiger charge is -2.59. The van der Waals surface area contributed by atoms with Gasteiger partial charge in [0.15, 0.2) is 6.29 Å². The summed E-state index contributed by atoms with van der Waals surface area (Å²) in [4.78, 5) is 26.7. The molecule has 0 bridgehead atoms. The van der Waals surface area contributed by atoms with Crippen LogP contribution in [0.1, 0.15) is 86.5 Å². The molecular formula is C32H46O8. The first-order chi connectivity index (χ1) is 19.0. The van der Waals surface area contributed by atoms with Crippen molar-refractivity contribution in [2.75, 3.05) is 13.2 Å². The molecular weight excluding hydrogens is 512 g/mol. The normalized spacial score (nSPS) is 54.7. The minimum absolute atomic E-state index is 0.135. The minimum atomic E-state index is -0.829. The predicted octanol–water partition coefficient (Wildman–Crippen LogP) is 4.12. The second kappa shape index (κ2) is 8.85. The van der Waals surface area contributed by atoms with E-state index in [1.165, 1.54) is 0 Å². The van der Waals surface area contributed by atoms with E-state index in [9.17, 15) is 14.7 Å². The molecule has 7 rings (SSSR count). The van der Waals surface area contributed by atoms with Gasteiger partial charge in [0.05, 0.1) is 17.6 Å². The number of carbonyl (C=O) groups is 2. The highest BCUT2D eigenvalue weighted by Crippen LogP contribution is 2.76. The summed E-state index contributed by atoms with van der Waals surface area (Å²) >= 11 is 0. The summed E-state index contributed by atoms with van der Waals surface area (Å²) in [5.74, 6) is 0.880. The molecule has 2 spiro atoms. The van der Waals surface area contributed by atoms with E-state index in [4.69, 9.17) is 23.7 Å². The molecule has 0 radical (unpaired) electrons. The van der Waals surface area contributed by atoms with Crippen molar-refractivity contribution in [1.82, 2.24) is 0 Å². The summed E-state index contributed by atoms with van der Waals surface area (Å²) < 4.78 is 31.7. The van der Waals surface area contributed by atoms with E-state index in [1.807, 2.05) is 27.7 Å². The molecule has 0 aromatic carbocycles. The SMILES string of the molecule is CCO[C@@H]1O[C@@](C)([C@H]2CC(C)=C(C)C(=O)O2)[C@H]2CC[C@H]3[C@@H]4C[C@H]5O[C@]56[C@@H](O)[C@@H](OCC)CC(=O)[C@]6(C)[C@H]4CC[C@]123. The van der Waals surface area contributed by atoms with Crippen LogP contribution in [0.15, 0.2) is 11.1 Å². The zero-order valence-corrected chi connectivity index (χ0v) is 24.9. The molecule has 1 N–H and O–H groups in total. The van der Waals surface area contributed by atoms with Crippen molar-refractivity contribution in [2.24, 2.45) is 34.5 Å². The van der Waals surface area contributed by atoms with Crippen molar-refractivity contribution in [1.29, 1.82) is 0 Å². The van der Waals surface area contributed by atoms with Crippen molar-refractivity contribution in [3.63, 3.8) is 0 Å². The molecule has 8 heteroatoms. The molecule has 4 saturated carbocycles. The summed E-state index contributed by atoms with van der Waals surface area (Å²) in [6.45, 7) is 13.0. The van der Waals surface area contributed by atoms with Crippen molar-refractivity contribution in [3.05, 3.63) is 11.1 Å². The lowest BCUT2D eigenvalue weighted by atomic mass is 9.43. The second-order valence-corrected chi connectivity index (χ2v) is 14.2. The summed E-state index contributed by atoms with van der Waals surface area (Å²) in [7, 11) is 0. The summed E-state index contributed by atoms with van der Waals surface area (Å²) in [6.07, 6.45) is 3.42. The highest BCUT2D eigenvalue weighted by molar-refractivity contribution is 5.90. The van der Waals surface area contributed by atoms with Gasteiger partial charge in [-0.2, -0.15) is 0 Å². The van der Waals surface area contributed by atoms with Crippen LogP contribution < -0.4 is 0 Å². The molecule has 0 amide bonds. The van der Waals surface area contributed by atoms with Gasteiger partial charge in [0.2, 0.25) is 0 Å². The molecule has 8 nitrogen and oxygen atoms in total. The number of cyclic esters (lactones) is 1. The van der Waals surface area contributed by atoms with E-state index in [1.54, 1.807) is 0 Å². The first-order valence-electron chi connectivity index (χ1n) is 15.7. The Kier molecular flexibility index (Phi) is 6.09. The molecule has 4 aliphatic carbocycles. The van der Waals surface area contributed by atoms with Gasteiger partial charge in [-0.25, -0.2) is 4.79 Å². The molecule has 2 saturated heterocycles. The van der Waals surface area contributed by atoms with E-state index in [0.29, 0.717) is 31.1 Å². The Hall–Kier alpha value is -1.32. The van der Waals surface area contributed by atoms with Crippen LogP contribution in [-0.4, -0.2) is 72.0 Å². The Morgan fingerprint density at radius 3 is 2.40 bits per heavy atom. The van der Waals surface area contributed by atoms with E-state index in [2.05, 4.69) is 13.8 Å². The number of epoxide rings is 1. The fourth-order valence-corrected chi connectivity index (χ4v) is 11.1. The number of rotatable bonds is 5. The Morgan fingerprint density at radius 1 is 0.950 bits per heavy atom. The number of hydrogen-bond donors (Lipinski definition) is 1. The largest absolute Gasteiger partial charge is 0.456 e. The third-order valence-corrected chi connectivity index (χ3v) is 13.1. The van der Waals surface area contributed by atoms with Gasteiger partial charge < -0.3 is 28.8 Å². The number of Topliss-reactive ketones (excluding diaryl/α,β-unsaturated/α-hetero) is 1. The molecule has 40 heavy (non-hydrogen) atoms. The number of aliphatic hydroxyl groups excluding tert-OH is 1. The predicted molar refractivity (Wildman–Crippen MR) is 144 cm³/mol. The van der Waals surface area contributed by atoms with E-state index in [0.717, 1.165) is 37.7 Å². The third-order valence-electron chi connectivity index (χ3n) is 13.1. The lowest BCUT2D eigenvalue weighted by Crippen LogP contribution is -2.68.